The zero-order valence-electron chi connectivity index (χ0n) is 6.54. The van der Waals surface area contributed by atoms with E-state index in [9.17, 15) is 13.6 Å². The van der Waals surface area contributed by atoms with Crippen molar-refractivity contribution in [1.82, 2.24) is 4.90 Å². The molecule has 0 aromatic heterocycles. The first kappa shape index (κ1) is 11.0. The third-order valence-corrected chi connectivity index (χ3v) is 1.22. The Kier molecular flexibility index (Phi) is 5.19. The number of carbonyl (C=O) groups excluding carboxylic acids is 1. The molecular weight excluding hydrogens is 168 g/mol. The van der Waals surface area contributed by atoms with E-state index in [4.69, 9.17) is 5.11 Å². The van der Waals surface area contributed by atoms with Gasteiger partial charge in [-0.25, -0.2) is 0 Å². The van der Waals surface area contributed by atoms with Crippen LogP contribution in [0.25, 0.3) is 0 Å². The van der Waals surface area contributed by atoms with E-state index >= 15 is 0 Å². The van der Waals surface area contributed by atoms with Crippen LogP contribution in [-0.2, 0) is 4.79 Å². The maximum absolute atomic E-state index is 11.8. The summed E-state index contributed by atoms with van der Waals surface area (Å²) in [5.74, 6) is -1.27. The largest absolute Gasteiger partial charge is 0.395 e. The van der Waals surface area contributed by atoms with Gasteiger partial charge in [0.25, 0.3) is 5.91 Å². The minimum absolute atomic E-state index is 0.0315. The lowest BCUT2D eigenvalue weighted by Gasteiger charge is -2.18. The Morgan fingerprint density at radius 3 is 2.58 bits per heavy atom. The van der Waals surface area contributed by atoms with Gasteiger partial charge in [-0.05, 0) is 0 Å². The summed E-state index contributed by atoms with van der Waals surface area (Å²) in [5, 5.41) is 8.42. The second kappa shape index (κ2) is 5.65. The van der Waals surface area contributed by atoms with Crippen LogP contribution in [0.5, 0.6) is 0 Å². The van der Waals surface area contributed by atoms with Gasteiger partial charge in [-0.15, -0.1) is 6.58 Å². The summed E-state index contributed by atoms with van der Waals surface area (Å²) in [5.41, 5.74) is 0. The van der Waals surface area contributed by atoms with Crippen molar-refractivity contribution in [2.45, 2.75) is 6.43 Å². The van der Waals surface area contributed by atoms with E-state index in [1.807, 2.05) is 0 Å². The van der Waals surface area contributed by atoms with Crippen molar-refractivity contribution in [2.75, 3.05) is 19.7 Å². The molecule has 0 unspecified atom stereocenters. The molecule has 1 amide bonds. The number of alkyl halides is 2. The fourth-order valence-corrected chi connectivity index (χ4v) is 0.706. The van der Waals surface area contributed by atoms with Crippen LogP contribution in [-0.4, -0.2) is 42.0 Å². The summed E-state index contributed by atoms with van der Waals surface area (Å²) in [6.07, 6.45) is -1.69. The zero-order chi connectivity index (χ0) is 9.56. The molecule has 0 aromatic carbocycles. The Labute approximate surface area is 69.3 Å². The van der Waals surface area contributed by atoms with E-state index in [-0.39, 0.29) is 19.7 Å². The molecule has 0 aromatic rings. The molecule has 0 saturated heterocycles. The number of halogens is 2. The minimum Gasteiger partial charge on any atom is -0.395 e. The monoisotopic (exact) mass is 179 g/mol. The SMILES string of the molecule is C=CCN(CCO)C(=O)C(F)F. The highest BCUT2D eigenvalue weighted by atomic mass is 19.3. The van der Waals surface area contributed by atoms with Crippen molar-refractivity contribution in [1.29, 1.82) is 0 Å². The van der Waals surface area contributed by atoms with Crippen molar-refractivity contribution in [3.63, 3.8) is 0 Å². The summed E-state index contributed by atoms with van der Waals surface area (Å²) in [6, 6.07) is 0. The molecule has 0 fully saturated rings. The van der Waals surface area contributed by atoms with Gasteiger partial charge in [-0.1, -0.05) is 6.08 Å². The van der Waals surface area contributed by atoms with Crippen molar-refractivity contribution in [3.05, 3.63) is 12.7 Å². The number of amides is 1. The van der Waals surface area contributed by atoms with E-state index in [0.29, 0.717) is 0 Å². The Hall–Kier alpha value is -0.970. The average molecular weight is 179 g/mol. The van der Waals surface area contributed by atoms with E-state index in [1.54, 1.807) is 0 Å². The molecule has 0 aliphatic carbocycles. The topological polar surface area (TPSA) is 40.5 Å². The van der Waals surface area contributed by atoms with E-state index in [1.165, 1.54) is 6.08 Å². The molecule has 1 N–H and O–H groups in total. The van der Waals surface area contributed by atoms with E-state index < -0.39 is 12.3 Å². The van der Waals surface area contributed by atoms with Gasteiger partial charge in [-0.3, -0.25) is 4.79 Å². The minimum atomic E-state index is -3.02. The van der Waals surface area contributed by atoms with E-state index in [0.717, 1.165) is 4.90 Å². The summed E-state index contributed by atoms with van der Waals surface area (Å²) >= 11 is 0. The molecule has 0 aliphatic heterocycles. The number of rotatable bonds is 5. The molecule has 5 heteroatoms. The maximum Gasteiger partial charge on any atom is 0.315 e. The third-order valence-electron chi connectivity index (χ3n) is 1.22. The van der Waals surface area contributed by atoms with Gasteiger partial charge in [0.2, 0.25) is 0 Å². The van der Waals surface area contributed by atoms with Crippen LogP contribution in [0.3, 0.4) is 0 Å². The standard InChI is InChI=1S/C7H11F2NO2/c1-2-3-10(4-5-11)7(12)6(8)9/h2,6,11H,1,3-5H2. The van der Waals surface area contributed by atoms with Crippen LogP contribution in [0.4, 0.5) is 8.78 Å². The fourth-order valence-electron chi connectivity index (χ4n) is 0.706. The van der Waals surface area contributed by atoms with Crippen molar-refractivity contribution >= 4 is 5.91 Å². The van der Waals surface area contributed by atoms with Crippen LogP contribution in [0.2, 0.25) is 0 Å². The highest BCUT2D eigenvalue weighted by molar-refractivity contribution is 5.79. The normalized spacial score (nSPS) is 10.0. The molecule has 3 nitrogen and oxygen atoms in total. The summed E-state index contributed by atoms with van der Waals surface area (Å²) < 4.78 is 23.6. The molecule has 0 radical (unpaired) electrons. The molecule has 0 aliphatic rings. The second-order valence-electron chi connectivity index (χ2n) is 2.10. The molecule has 0 spiro atoms. The summed E-state index contributed by atoms with van der Waals surface area (Å²) in [7, 11) is 0. The van der Waals surface area contributed by atoms with Crippen molar-refractivity contribution in [3.8, 4) is 0 Å². The second-order valence-corrected chi connectivity index (χ2v) is 2.10. The number of hydrogen-bond acceptors (Lipinski definition) is 2. The zero-order valence-corrected chi connectivity index (χ0v) is 6.54. The number of hydrogen-bond donors (Lipinski definition) is 1. The Bertz CT molecular complexity index is 161. The fraction of sp³-hybridized carbons (Fsp3) is 0.571. The molecule has 0 saturated carbocycles. The van der Waals surface area contributed by atoms with Gasteiger partial charge in [0, 0.05) is 13.1 Å². The molecule has 0 heterocycles. The van der Waals surface area contributed by atoms with Crippen LogP contribution in [0.1, 0.15) is 0 Å². The lowest BCUT2D eigenvalue weighted by molar-refractivity contribution is -0.142. The number of nitrogens with zero attached hydrogens (tertiary/aromatic N) is 1. The lowest BCUT2D eigenvalue weighted by atomic mass is 10.4. The van der Waals surface area contributed by atoms with Gasteiger partial charge in [0.05, 0.1) is 6.61 Å². The number of aliphatic hydroxyl groups excluding tert-OH is 1. The van der Waals surface area contributed by atoms with E-state index in [2.05, 4.69) is 6.58 Å². The molecule has 0 atom stereocenters. The highest BCUT2D eigenvalue weighted by Gasteiger charge is 2.21. The predicted molar refractivity (Wildman–Crippen MR) is 39.9 cm³/mol. The Balaban J connectivity index is 4.08. The maximum atomic E-state index is 11.8. The first-order chi connectivity index (χ1) is 5.63. The highest BCUT2D eigenvalue weighted by Crippen LogP contribution is 2.00. The average Bonchev–Trinajstić information content (AvgIpc) is 2.03. The molecule has 12 heavy (non-hydrogen) atoms. The van der Waals surface area contributed by atoms with Crippen LogP contribution in [0.15, 0.2) is 12.7 Å². The van der Waals surface area contributed by atoms with Crippen molar-refractivity contribution < 1.29 is 18.7 Å². The summed E-state index contributed by atoms with van der Waals surface area (Å²) in [4.78, 5) is 11.5. The van der Waals surface area contributed by atoms with Crippen LogP contribution in [0, 0.1) is 0 Å². The molecule has 0 bridgehead atoms. The molecule has 70 valence electrons. The third kappa shape index (κ3) is 3.43. The van der Waals surface area contributed by atoms with Gasteiger partial charge in [0.15, 0.2) is 0 Å². The quantitative estimate of drug-likeness (QED) is 0.615. The molecule has 0 rings (SSSR count). The van der Waals surface area contributed by atoms with Crippen LogP contribution < -0.4 is 0 Å². The predicted octanol–water partition coefficient (Wildman–Crippen LogP) is 0.258. The first-order valence-corrected chi connectivity index (χ1v) is 3.42. The van der Waals surface area contributed by atoms with Gasteiger partial charge >= 0.3 is 6.43 Å². The summed E-state index contributed by atoms with van der Waals surface area (Å²) in [6.45, 7) is 2.92. The van der Waals surface area contributed by atoms with Crippen molar-refractivity contribution in [2.24, 2.45) is 0 Å². The molecular formula is C7H11F2NO2. The number of aliphatic hydroxyl groups is 1. The Morgan fingerprint density at radius 2 is 2.25 bits per heavy atom. The van der Waals surface area contributed by atoms with Gasteiger partial charge in [0.1, 0.15) is 0 Å². The Morgan fingerprint density at radius 1 is 1.67 bits per heavy atom. The lowest BCUT2D eigenvalue weighted by Crippen LogP contribution is -2.37. The van der Waals surface area contributed by atoms with Gasteiger partial charge in [-0.2, -0.15) is 8.78 Å². The number of carbonyl (C=O) groups is 1. The van der Waals surface area contributed by atoms with Gasteiger partial charge < -0.3 is 10.0 Å². The smallest absolute Gasteiger partial charge is 0.315 e. The van der Waals surface area contributed by atoms with Crippen LogP contribution >= 0.6 is 0 Å². The first-order valence-electron chi connectivity index (χ1n) is 3.42.